The summed E-state index contributed by atoms with van der Waals surface area (Å²) in [6, 6.07) is 7.28. The molecule has 0 aromatic heterocycles. The third kappa shape index (κ3) is 6.26. The molecule has 0 spiro atoms. The third-order valence-electron chi connectivity index (χ3n) is 6.19. The molecule has 0 bridgehead atoms. The van der Waals surface area contributed by atoms with Crippen molar-refractivity contribution in [2.24, 2.45) is 0 Å². The Morgan fingerprint density at radius 1 is 1.16 bits per heavy atom. The van der Waals surface area contributed by atoms with Crippen LogP contribution in [0, 0.1) is 5.41 Å². The summed E-state index contributed by atoms with van der Waals surface area (Å²) in [4.78, 5) is 29.6. The van der Waals surface area contributed by atoms with E-state index in [0.717, 1.165) is 16.8 Å². The average molecular weight is 576 g/mol. The van der Waals surface area contributed by atoms with Crippen molar-refractivity contribution in [1.82, 2.24) is 10.2 Å². The molecule has 3 rings (SSSR count). The normalized spacial score (nSPS) is 12.7. The summed E-state index contributed by atoms with van der Waals surface area (Å²) in [7, 11) is 6.95. The number of amidine groups is 1. The summed E-state index contributed by atoms with van der Waals surface area (Å²) in [5, 5.41) is 11.4. The molecule has 0 saturated heterocycles. The Bertz CT molecular complexity index is 1200. The number of fused-ring (bicyclic) bond motifs is 1. The van der Waals surface area contributed by atoms with Crippen LogP contribution in [0.2, 0.25) is 0 Å². The van der Waals surface area contributed by atoms with Crippen molar-refractivity contribution in [2.75, 3.05) is 39.7 Å². The van der Waals surface area contributed by atoms with Gasteiger partial charge in [-0.15, -0.1) is 17.0 Å². The van der Waals surface area contributed by atoms with Gasteiger partial charge in [-0.05, 0) is 49.1 Å². The smallest absolute Gasteiger partial charge is 0.253 e. The van der Waals surface area contributed by atoms with E-state index in [9.17, 15) is 9.59 Å². The van der Waals surface area contributed by atoms with Gasteiger partial charge >= 0.3 is 0 Å². The van der Waals surface area contributed by atoms with E-state index in [1.165, 1.54) is 0 Å². The van der Waals surface area contributed by atoms with Crippen LogP contribution in [0.3, 0.4) is 0 Å². The summed E-state index contributed by atoms with van der Waals surface area (Å²) >= 11 is 0. The molecule has 0 radical (unpaired) electrons. The molecule has 1 amide bonds. The molecule has 1 aliphatic heterocycles. The Labute approximate surface area is 230 Å². The van der Waals surface area contributed by atoms with E-state index in [4.69, 9.17) is 14.9 Å². The first-order chi connectivity index (χ1) is 16.8. The Kier molecular flexibility index (Phi) is 9.41. The number of anilines is 1. The van der Waals surface area contributed by atoms with Crippen LogP contribution >= 0.6 is 17.0 Å². The molecule has 2 aromatic carbocycles. The zero-order valence-corrected chi connectivity index (χ0v) is 24.9. The molecule has 0 atom stereocenters. The maximum Gasteiger partial charge on any atom is 0.253 e. The zero-order chi connectivity index (χ0) is 26.9. The van der Waals surface area contributed by atoms with Gasteiger partial charge in [-0.1, -0.05) is 20.8 Å². The molecule has 37 heavy (non-hydrogen) atoms. The summed E-state index contributed by atoms with van der Waals surface area (Å²) in [5.74, 6) is 1.07. The SMILES string of the molecule is Br.CNC(=O)c1cc2c(cc1N(C)C)CN(CC(=O)c1cc(OC(C)C)c(OC)c(C(C)(C)C)c1)C2=N. The van der Waals surface area contributed by atoms with Gasteiger partial charge < -0.3 is 24.6 Å². The lowest BCUT2D eigenvalue weighted by Gasteiger charge is -2.26. The van der Waals surface area contributed by atoms with Gasteiger partial charge in [-0.3, -0.25) is 15.0 Å². The Hall–Kier alpha value is -3.07. The fourth-order valence-electron chi connectivity index (χ4n) is 4.40. The number of ketones is 1. The first kappa shape index (κ1) is 30.2. The van der Waals surface area contributed by atoms with Crippen LogP contribution in [-0.2, 0) is 12.0 Å². The fourth-order valence-corrected chi connectivity index (χ4v) is 4.40. The number of halogens is 1. The number of hydrogen-bond donors (Lipinski definition) is 2. The van der Waals surface area contributed by atoms with E-state index < -0.39 is 0 Å². The van der Waals surface area contributed by atoms with Crippen molar-refractivity contribution < 1.29 is 19.1 Å². The van der Waals surface area contributed by atoms with Crippen LogP contribution in [0.4, 0.5) is 5.69 Å². The first-order valence-electron chi connectivity index (χ1n) is 12.1. The number of methoxy groups -OCH3 is 1. The maximum atomic E-state index is 13.5. The fraction of sp³-hybridized carbons (Fsp3) is 0.464. The van der Waals surface area contributed by atoms with Crippen LogP contribution in [0.1, 0.15) is 72.0 Å². The highest BCUT2D eigenvalue weighted by Gasteiger charge is 2.30. The Balaban J connectivity index is 0.00000481. The van der Waals surface area contributed by atoms with Gasteiger partial charge in [-0.25, -0.2) is 0 Å². The molecule has 1 heterocycles. The molecule has 0 fully saturated rings. The molecule has 0 unspecified atom stereocenters. The lowest BCUT2D eigenvalue weighted by Crippen LogP contribution is -2.30. The molecule has 0 aliphatic carbocycles. The van der Waals surface area contributed by atoms with Crippen molar-refractivity contribution in [1.29, 1.82) is 5.41 Å². The lowest BCUT2D eigenvalue weighted by molar-refractivity contribution is 0.0954. The predicted octanol–water partition coefficient (Wildman–Crippen LogP) is 4.81. The highest BCUT2D eigenvalue weighted by atomic mass is 79.9. The quantitative estimate of drug-likeness (QED) is 0.439. The molecule has 2 N–H and O–H groups in total. The topological polar surface area (TPSA) is 95.0 Å². The van der Waals surface area contributed by atoms with E-state index in [1.807, 2.05) is 45.0 Å². The number of nitrogens with zero attached hydrogens (tertiary/aromatic N) is 2. The minimum atomic E-state index is -0.272. The third-order valence-corrected chi connectivity index (χ3v) is 6.19. The molecule has 9 heteroatoms. The van der Waals surface area contributed by atoms with Crippen molar-refractivity contribution in [3.05, 3.63) is 52.1 Å². The molecular formula is C28H39BrN4O4. The average Bonchev–Trinajstić information content (AvgIpc) is 3.10. The predicted molar refractivity (Wildman–Crippen MR) is 154 cm³/mol. The van der Waals surface area contributed by atoms with Crippen LogP contribution in [0.25, 0.3) is 0 Å². The molecule has 202 valence electrons. The number of carbonyl (C=O) groups is 2. The van der Waals surface area contributed by atoms with Crippen molar-refractivity contribution in [3.8, 4) is 11.5 Å². The van der Waals surface area contributed by atoms with Crippen LogP contribution in [-0.4, -0.2) is 63.3 Å². The van der Waals surface area contributed by atoms with Crippen molar-refractivity contribution in [3.63, 3.8) is 0 Å². The second-order valence-electron chi connectivity index (χ2n) is 10.6. The minimum absolute atomic E-state index is 0. The second-order valence-corrected chi connectivity index (χ2v) is 10.6. The summed E-state index contributed by atoms with van der Waals surface area (Å²) in [6.07, 6.45) is -0.0845. The van der Waals surface area contributed by atoms with Gasteiger partial charge in [0, 0.05) is 50.1 Å². The van der Waals surface area contributed by atoms with Gasteiger partial charge in [0.15, 0.2) is 17.3 Å². The number of hydrogen-bond acceptors (Lipinski definition) is 6. The molecule has 8 nitrogen and oxygen atoms in total. The largest absolute Gasteiger partial charge is 0.493 e. The highest BCUT2D eigenvalue weighted by Crippen LogP contribution is 2.40. The number of benzene rings is 2. The van der Waals surface area contributed by atoms with Gasteiger partial charge in [0.25, 0.3) is 5.91 Å². The number of ether oxygens (including phenoxy) is 2. The van der Waals surface area contributed by atoms with E-state index >= 15 is 0 Å². The summed E-state index contributed by atoms with van der Waals surface area (Å²) < 4.78 is 11.7. The van der Waals surface area contributed by atoms with Crippen molar-refractivity contribution in [2.45, 2.75) is 52.7 Å². The molecule has 1 aliphatic rings. The molecule has 0 saturated carbocycles. The lowest BCUT2D eigenvalue weighted by atomic mass is 9.84. The molecule has 2 aromatic rings. The van der Waals surface area contributed by atoms with Gasteiger partial charge in [-0.2, -0.15) is 0 Å². The van der Waals surface area contributed by atoms with Crippen LogP contribution in [0.15, 0.2) is 24.3 Å². The van der Waals surface area contributed by atoms with Crippen LogP contribution < -0.4 is 19.7 Å². The first-order valence-corrected chi connectivity index (χ1v) is 12.1. The minimum Gasteiger partial charge on any atom is -0.493 e. The Morgan fingerprint density at radius 3 is 2.32 bits per heavy atom. The molecular weight excluding hydrogens is 536 g/mol. The number of Topliss-reactive ketones (excluding diaryl/α,β-unsaturated/α-hetero) is 1. The number of nitrogens with one attached hydrogen (secondary N) is 2. The highest BCUT2D eigenvalue weighted by molar-refractivity contribution is 8.93. The van der Waals surface area contributed by atoms with Gasteiger partial charge in [0.1, 0.15) is 5.84 Å². The van der Waals surface area contributed by atoms with E-state index in [2.05, 4.69) is 26.1 Å². The Morgan fingerprint density at radius 2 is 1.81 bits per heavy atom. The number of amides is 1. The van der Waals surface area contributed by atoms with E-state index in [0.29, 0.717) is 34.7 Å². The maximum absolute atomic E-state index is 13.5. The van der Waals surface area contributed by atoms with E-state index in [-0.39, 0.29) is 52.6 Å². The standard InChI is InChI=1S/C28H38N4O4.BrH/c1-16(2)36-24-12-17(10-21(25(24)35-9)28(3,4)5)23(33)15-32-14-18-11-22(31(7)8)20(27(34)30-6)13-19(18)26(32)29;/h10-13,16,29H,14-15H2,1-9H3,(H,30,34);1H. The van der Waals surface area contributed by atoms with Crippen LogP contribution in [0.5, 0.6) is 11.5 Å². The van der Waals surface area contributed by atoms with Crippen molar-refractivity contribution >= 4 is 40.2 Å². The summed E-state index contributed by atoms with van der Waals surface area (Å²) in [6.45, 7) is 10.5. The number of carbonyl (C=O) groups excluding carboxylic acids is 2. The number of rotatable bonds is 8. The summed E-state index contributed by atoms with van der Waals surface area (Å²) in [5.41, 5.74) is 3.98. The zero-order valence-electron chi connectivity index (χ0n) is 23.2. The van der Waals surface area contributed by atoms with Gasteiger partial charge in [0.2, 0.25) is 0 Å². The second kappa shape index (κ2) is 11.5. The monoisotopic (exact) mass is 574 g/mol. The van der Waals surface area contributed by atoms with Gasteiger partial charge in [0.05, 0.1) is 25.3 Å². The van der Waals surface area contributed by atoms with E-state index in [1.54, 1.807) is 31.2 Å².